The predicted molar refractivity (Wildman–Crippen MR) is 155 cm³/mol. The van der Waals surface area contributed by atoms with Gasteiger partial charge in [0.15, 0.2) is 5.65 Å². The Morgan fingerprint density at radius 1 is 1.05 bits per heavy atom. The monoisotopic (exact) mass is 533 g/mol. The second-order valence-corrected chi connectivity index (χ2v) is 11.5. The Labute approximate surface area is 233 Å². The lowest BCUT2D eigenvalue weighted by atomic mass is 9.94. The van der Waals surface area contributed by atoms with E-state index in [-0.39, 0.29) is 6.04 Å². The molecule has 8 nitrogen and oxygen atoms in total. The second kappa shape index (κ2) is 9.93. The van der Waals surface area contributed by atoms with Gasteiger partial charge in [-0.25, -0.2) is 9.97 Å². The van der Waals surface area contributed by atoms with E-state index in [1.165, 1.54) is 16.7 Å². The zero-order valence-electron chi connectivity index (χ0n) is 23.2. The van der Waals surface area contributed by atoms with Crippen LogP contribution in [0.25, 0.3) is 33.7 Å². The molecule has 0 spiro atoms. The molecule has 2 aromatic carbocycles. The number of rotatable bonds is 7. The number of nitrogens with one attached hydrogen (secondary N) is 1. The minimum atomic E-state index is -0.524. The maximum Gasteiger partial charge on any atom is 0.205 e. The number of fused-ring (bicyclic) bond motifs is 2. The van der Waals surface area contributed by atoms with Gasteiger partial charge in [-0.05, 0) is 84.5 Å². The molecule has 2 aliphatic carbocycles. The third kappa shape index (κ3) is 4.31. The number of hydrogen-bond acceptors (Lipinski definition) is 6. The van der Waals surface area contributed by atoms with E-state index < -0.39 is 5.60 Å². The van der Waals surface area contributed by atoms with Gasteiger partial charge in [-0.2, -0.15) is 5.21 Å². The van der Waals surface area contributed by atoms with Crippen LogP contribution in [-0.4, -0.2) is 45.9 Å². The Kier molecular flexibility index (Phi) is 6.23. The summed E-state index contributed by atoms with van der Waals surface area (Å²) in [7, 11) is 0. The highest BCUT2D eigenvalue weighted by atomic mass is 16.3. The summed E-state index contributed by atoms with van der Waals surface area (Å²) in [6.07, 6.45) is 8.53. The fraction of sp³-hybridized carbons (Fsp3) is 0.406. The van der Waals surface area contributed by atoms with Gasteiger partial charge in [0.05, 0.1) is 11.6 Å². The number of pyridine rings is 1. The van der Waals surface area contributed by atoms with Gasteiger partial charge in [-0.3, -0.25) is 0 Å². The van der Waals surface area contributed by atoms with Gasteiger partial charge < -0.3 is 9.67 Å². The molecule has 7 rings (SSSR count). The summed E-state index contributed by atoms with van der Waals surface area (Å²) in [5.41, 5.74) is 9.62. The Bertz CT molecular complexity index is 1680. The minimum absolute atomic E-state index is 0.206. The summed E-state index contributed by atoms with van der Waals surface area (Å²) in [4.78, 5) is 10.3. The number of H-pyrrole nitrogens is 1. The molecule has 0 bridgehead atoms. The van der Waals surface area contributed by atoms with Crippen LogP contribution in [0.5, 0.6) is 0 Å². The van der Waals surface area contributed by atoms with E-state index in [4.69, 9.17) is 9.97 Å². The molecule has 1 saturated carbocycles. The zero-order chi connectivity index (χ0) is 27.3. The first-order valence-corrected chi connectivity index (χ1v) is 14.6. The highest BCUT2D eigenvalue weighted by molar-refractivity contribution is 5.81. The number of nitrogens with zero attached hydrogens (tertiary/aromatic N) is 6. The first kappa shape index (κ1) is 25.1. The van der Waals surface area contributed by atoms with Crippen LogP contribution in [0, 0.1) is 6.92 Å². The van der Waals surface area contributed by atoms with Crippen LogP contribution in [0.15, 0.2) is 48.5 Å². The van der Waals surface area contributed by atoms with Crippen LogP contribution in [0.1, 0.15) is 79.7 Å². The topological polar surface area (TPSA) is 105 Å². The molecule has 204 valence electrons. The van der Waals surface area contributed by atoms with E-state index in [0.29, 0.717) is 5.82 Å². The highest BCUT2D eigenvalue weighted by Crippen LogP contribution is 2.41. The molecule has 3 heterocycles. The molecule has 5 aromatic rings. The summed E-state index contributed by atoms with van der Waals surface area (Å²) in [5, 5.41) is 25.7. The summed E-state index contributed by atoms with van der Waals surface area (Å²) in [6, 6.07) is 17.4. The number of hydrogen-bond donors (Lipinski definition) is 2. The van der Waals surface area contributed by atoms with E-state index in [0.717, 1.165) is 97.2 Å². The van der Waals surface area contributed by atoms with Crippen molar-refractivity contribution < 1.29 is 5.11 Å². The normalized spacial score (nSPS) is 18.0. The number of imidazole rings is 1. The van der Waals surface area contributed by atoms with Gasteiger partial charge >= 0.3 is 0 Å². The van der Waals surface area contributed by atoms with Gasteiger partial charge in [-0.1, -0.05) is 62.2 Å². The first-order chi connectivity index (χ1) is 19.5. The predicted octanol–water partition coefficient (Wildman–Crippen LogP) is 5.92. The van der Waals surface area contributed by atoms with Gasteiger partial charge in [-0.15, -0.1) is 10.2 Å². The van der Waals surface area contributed by atoms with Crippen molar-refractivity contribution in [2.75, 3.05) is 0 Å². The molecule has 2 N–H and O–H groups in total. The fourth-order valence-corrected chi connectivity index (χ4v) is 6.91. The highest BCUT2D eigenvalue weighted by Gasteiger charge is 2.32. The molecular formula is C32H35N7O. The Hall–Kier alpha value is -3.91. The van der Waals surface area contributed by atoms with Crippen LogP contribution >= 0.6 is 0 Å². The van der Waals surface area contributed by atoms with Crippen LogP contribution in [0.3, 0.4) is 0 Å². The second-order valence-electron chi connectivity index (χ2n) is 11.5. The number of aliphatic hydroxyl groups is 1. The Morgan fingerprint density at radius 3 is 2.65 bits per heavy atom. The van der Waals surface area contributed by atoms with Crippen molar-refractivity contribution >= 4 is 11.2 Å². The van der Waals surface area contributed by atoms with Crippen molar-refractivity contribution in [1.82, 2.24) is 35.2 Å². The average Bonchev–Trinajstić information content (AvgIpc) is 3.78. The standard InChI is InChI=1S/C32H35N7O/c1-3-28-34-29-20(2)18-23(14-17-32(40)15-6-7-16-32)33-31(29)39(28)27-13-11-22-19-21(10-12-25(22)27)24-8-4-5-9-26(24)30-35-37-38-36-30/h4-5,8-10,12,18-19,27,40H,3,6-7,11,13-17H2,1-2H3,(H,35,36,37,38). The molecule has 0 aliphatic heterocycles. The van der Waals surface area contributed by atoms with Gasteiger partial charge in [0.1, 0.15) is 11.3 Å². The fourth-order valence-electron chi connectivity index (χ4n) is 6.91. The molecule has 0 radical (unpaired) electrons. The van der Waals surface area contributed by atoms with Crippen molar-refractivity contribution in [3.8, 4) is 22.5 Å². The molecule has 3 aromatic heterocycles. The Morgan fingerprint density at radius 2 is 1.88 bits per heavy atom. The number of aryl methyl sites for hydroxylation is 4. The largest absolute Gasteiger partial charge is 0.390 e. The van der Waals surface area contributed by atoms with E-state index in [2.05, 4.69) is 75.4 Å². The van der Waals surface area contributed by atoms with E-state index in [1.807, 2.05) is 12.1 Å². The lowest BCUT2D eigenvalue weighted by Crippen LogP contribution is -2.24. The van der Waals surface area contributed by atoms with Gasteiger partial charge in [0.2, 0.25) is 5.82 Å². The van der Waals surface area contributed by atoms with Gasteiger partial charge in [0.25, 0.3) is 0 Å². The first-order valence-electron chi connectivity index (χ1n) is 14.6. The summed E-state index contributed by atoms with van der Waals surface area (Å²) >= 11 is 0. The lowest BCUT2D eigenvalue weighted by molar-refractivity contribution is 0.0389. The maximum atomic E-state index is 10.9. The molecule has 1 fully saturated rings. The Balaban J connectivity index is 1.25. The van der Waals surface area contributed by atoms with Crippen molar-refractivity contribution in [3.05, 3.63) is 76.7 Å². The SMILES string of the molecule is CCc1nc2c(C)cc(CCC3(O)CCCC3)nc2n1C1CCc2cc(-c3ccccc3-c3nn[nH]n3)ccc21. The average molecular weight is 534 g/mol. The number of benzene rings is 2. The smallest absolute Gasteiger partial charge is 0.205 e. The van der Waals surface area contributed by atoms with E-state index >= 15 is 0 Å². The molecule has 2 aliphatic rings. The van der Waals surface area contributed by atoms with Crippen molar-refractivity contribution in [1.29, 1.82) is 0 Å². The quantitative estimate of drug-likeness (QED) is 0.269. The summed E-state index contributed by atoms with van der Waals surface area (Å²) < 4.78 is 2.40. The lowest BCUT2D eigenvalue weighted by Gasteiger charge is -2.22. The van der Waals surface area contributed by atoms with Crippen LogP contribution in [-0.2, 0) is 19.3 Å². The maximum absolute atomic E-state index is 10.9. The molecular weight excluding hydrogens is 498 g/mol. The molecule has 40 heavy (non-hydrogen) atoms. The van der Waals surface area contributed by atoms with Crippen molar-refractivity contribution in [2.24, 2.45) is 0 Å². The molecule has 8 heteroatoms. The van der Waals surface area contributed by atoms with Crippen molar-refractivity contribution in [3.63, 3.8) is 0 Å². The molecule has 1 unspecified atom stereocenters. The van der Waals surface area contributed by atoms with Crippen molar-refractivity contribution in [2.45, 2.75) is 83.3 Å². The summed E-state index contributed by atoms with van der Waals surface area (Å²) in [5.74, 6) is 1.69. The van der Waals surface area contributed by atoms with Crippen LogP contribution < -0.4 is 0 Å². The number of aromatic nitrogens is 7. The summed E-state index contributed by atoms with van der Waals surface area (Å²) in [6.45, 7) is 4.32. The third-order valence-electron chi connectivity index (χ3n) is 8.99. The third-order valence-corrected chi connectivity index (χ3v) is 8.99. The van der Waals surface area contributed by atoms with Crippen LogP contribution in [0.2, 0.25) is 0 Å². The number of aromatic amines is 1. The molecule has 0 amide bonds. The number of tetrazole rings is 1. The van der Waals surface area contributed by atoms with Gasteiger partial charge in [0, 0.05) is 17.7 Å². The molecule has 1 atom stereocenters. The zero-order valence-corrected chi connectivity index (χ0v) is 23.2. The van der Waals surface area contributed by atoms with E-state index in [9.17, 15) is 5.11 Å². The van der Waals surface area contributed by atoms with E-state index in [1.54, 1.807) is 0 Å². The minimum Gasteiger partial charge on any atom is -0.390 e. The van der Waals surface area contributed by atoms with Crippen LogP contribution in [0.4, 0.5) is 0 Å². The molecule has 0 saturated heterocycles.